The zero-order chi connectivity index (χ0) is 7.52. The second-order valence-electron chi connectivity index (χ2n) is 3.07. The van der Waals surface area contributed by atoms with Crippen LogP contribution in [0.1, 0.15) is 12.8 Å². The molecule has 0 aliphatic heterocycles. The van der Waals surface area contributed by atoms with E-state index in [9.17, 15) is 0 Å². The third kappa shape index (κ3) is 2.26. The van der Waals surface area contributed by atoms with Crippen molar-refractivity contribution < 1.29 is 0 Å². The minimum absolute atomic E-state index is 1.03. The fourth-order valence-electron chi connectivity index (χ4n) is 1.02. The number of hydrogen-bond acceptors (Lipinski definition) is 1. The average Bonchev–Trinajstić information content (AvgIpc) is 2.86. The van der Waals surface area contributed by atoms with Crippen LogP contribution >= 0.6 is 11.8 Å². The number of rotatable bonds is 3. The number of thioether (sulfide) groups is 1. The minimum atomic E-state index is 1.03. The van der Waals surface area contributed by atoms with E-state index in [0.29, 0.717) is 0 Å². The van der Waals surface area contributed by atoms with Crippen molar-refractivity contribution in [2.24, 2.45) is 5.92 Å². The van der Waals surface area contributed by atoms with Gasteiger partial charge in [0.15, 0.2) is 0 Å². The first-order chi connectivity index (χ1) is 5.45. The predicted molar refractivity (Wildman–Crippen MR) is 49.9 cm³/mol. The molecule has 0 spiro atoms. The molecule has 1 aromatic carbocycles. The summed E-state index contributed by atoms with van der Waals surface area (Å²) in [5.74, 6) is 2.35. The van der Waals surface area contributed by atoms with Crippen molar-refractivity contribution in [3.8, 4) is 0 Å². The highest BCUT2D eigenvalue weighted by atomic mass is 32.2. The smallest absolute Gasteiger partial charge is 0.00720 e. The Hall–Kier alpha value is -0.430. The van der Waals surface area contributed by atoms with Gasteiger partial charge < -0.3 is 0 Å². The molecule has 1 fully saturated rings. The van der Waals surface area contributed by atoms with Crippen LogP contribution in [0.3, 0.4) is 0 Å². The van der Waals surface area contributed by atoms with Crippen LogP contribution < -0.4 is 0 Å². The van der Waals surface area contributed by atoms with Crippen molar-refractivity contribution in [3.05, 3.63) is 30.3 Å². The van der Waals surface area contributed by atoms with Gasteiger partial charge in [0, 0.05) is 10.6 Å². The van der Waals surface area contributed by atoms with Crippen LogP contribution in [0.25, 0.3) is 0 Å². The van der Waals surface area contributed by atoms with E-state index in [4.69, 9.17) is 0 Å². The Bertz CT molecular complexity index is 214. The van der Waals surface area contributed by atoms with Crippen LogP contribution in [0.5, 0.6) is 0 Å². The Morgan fingerprint density at radius 3 is 2.55 bits per heavy atom. The third-order valence-electron chi connectivity index (χ3n) is 1.93. The van der Waals surface area contributed by atoms with Crippen LogP contribution in [0.2, 0.25) is 0 Å². The molecule has 0 aromatic heterocycles. The maximum atomic E-state index is 2.19. The normalized spacial score (nSPS) is 16.7. The molecular formula is C10H12S. The number of hydrogen-bond donors (Lipinski definition) is 0. The van der Waals surface area contributed by atoms with Gasteiger partial charge in [-0.3, -0.25) is 0 Å². The lowest BCUT2D eigenvalue weighted by Crippen LogP contribution is -1.79. The first-order valence-corrected chi connectivity index (χ1v) is 5.11. The van der Waals surface area contributed by atoms with Crippen LogP contribution in [-0.2, 0) is 0 Å². The maximum absolute atomic E-state index is 2.19. The monoisotopic (exact) mass is 164 g/mol. The Morgan fingerprint density at radius 1 is 1.18 bits per heavy atom. The molecule has 0 N–H and O–H groups in total. The molecule has 2 rings (SSSR count). The molecule has 0 saturated heterocycles. The van der Waals surface area contributed by atoms with E-state index >= 15 is 0 Å². The Morgan fingerprint density at radius 2 is 1.91 bits per heavy atom. The molecule has 1 saturated carbocycles. The van der Waals surface area contributed by atoms with Gasteiger partial charge in [0.05, 0.1) is 0 Å². The lowest BCUT2D eigenvalue weighted by atomic mass is 10.4. The van der Waals surface area contributed by atoms with E-state index in [1.807, 2.05) is 11.8 Å². The van der Waals surface area contributed by atoms with Gasteiger partial charge in [-0.2, -0.15) is 0 Å². The third-order valence-corrected chi connectivity index (χ3v) is 3.17. The van der Waals surface area contributed by atoms with Crippen molar-refractivity contribution in [3.63, 3.8) is 0 Å². The van der Waals surface area contributed by atoms with Gasteiger partial charge in [-0.15, -0.1) is 11.8 Å². The summed E-state index contributed by atoms with van der Waals surface area (Å²) < 4.78 is 0. The Labute approximate surface area is 72.0 Å². The molecule has 0 bridgehead atoms. The molecule has 0 heterocycles. The van der Waals surface area contributed by atoms with Gasteiger partial charge >= 0.3 is 0 Å². The molecular weight excluding hydrogens is 152 g/mol. The summed E-state index contributed by atoms with van der Waals surface area (Å²) in [6, 6.07) is 10.7. The van der Waals surface area contributed by atoms with E-state index in [0.717, 1.165) is 5.92 Å². The molecule has 0 amide bonds. The zero-order valence-electron chi connectivity index (χ0n) is 6.49. The Kier molecular flexibility index (Phi) is 2.18. The first-order valence-electron chi connectivity index (χ1n) is 4.13. The molecule has 0 nitrogen and oxygen atoms in total. The molecule has 58 valence electrons. The van der Waals surface area contributed by atoms with E-state index in [2.05, 4.69) is 30.3 Å². The second-order valence-corrected chi connectivity index (χ2v) is 4.16. The van der Waals surface area contributed by atoms with Gasteiger partial charge in [0.25, 0.3) is 0 Å². The second kappa shape index (κ2) is 3.31. The van der Waals surface area contributed by atoms with E-state index in [-0.39, 0.29) is 0 Å². The standard InChI is InChI=1S/C10H12S/c1-2-4-10(5-3-1)11-8-9-6-7-9/h1-5,9H,6-8H2. The van der Waals surface area contributed by atoms with Crippen LogP contribution in [0.15, 0.2) is 35.2 Å². The van der Waals surface area contributed by atoms with Crippen molar-refractivity contribution in [1.29, 1.82) is 0 Å². The Balaban J connectivity index is 1.85. The molecule has 1 aromatic rings. The van der Waals surface area contributed by atoms with Crippen LogP contribution in [-0.4, -0.2) is 5.75 Å². The fraction of sp³-hybridized carbons (Fsp3) is 0.400. The number of benzene rings is 1. The largest absolute Gasteiger partial charge is 0.126 e. The summed E-state index contributed by atoms with van der Waals surface area (Å²) in [4.78, 5) is 1.42. The molecule has 1 aliphatic rings. The summed E-state index contributed by atoms with van der Waals surface area (Å²) in [5.41, 5.74) is 0. The maximum Gasteiger partial charge on any atom is 0.00720 e. The molecule has 1 aliphatic carbocycles. The van der Waals surface area contributed by atoms with Crippen molar-refractivity contribution in [2.75, 3.05) is 5.75 Å². The molecule has 0 atom stereocenters. The van der Waals surface area contributed by atoms with Gasteiger partial charge in [0.1, 0.15) is 0 Å². The average molecular weight is 164 g/mol. The van der Waals surface area contributed by atoms with E-state index in [1.165, 1.54) is 23.5 Å². The minimum Gasteiger partial charge on any atom is -0.126 e. The first kappa shape index (κ1) is 7.23. The van der Waals surface area contributed by atoms with Gasteiger partial charge in [-0.1, -0.05) is 18.2 Å². The molecule has 0 radical (unpaired) electrons. The predicted octanol–water partition coefficient (Wildman–Crippen LogP) is 3.19. The highest BCUT2D eigenvalue weighted by Gasteiger charge is 2.20. The van der Waals surface area contributed by atoms with Crippen LogP contribution in [0.4, 0.5) is 0 Å². The van der Waals surface area contributed by atoms with Gasteiger partial charge in [0.2, 0.25) is 0 Å². The van der Waals surface area contributed by atoms with E-state index < -0.39 is 0 Å². The summed E-state index contributed by atoms with van der Waals surface area (Å²) in [7, 11) is 0. The SMILES string of the molecule is c1ccc(SCC2CC2)cc1. The summed E-state index contributed by atoms with van der Waals surface area (Å²) in [5, 5.41) is 0. The fourth-order valence-corrected chi connectivity index (χ4v) is 2.13. The van der Waals surface area contributed by atoms with Crippen molar-refractivity contribution >= 4 is 11.8 Å². The summed E-state index contributed by atoms with van der Waals surface area (Å²) in [6.07, 6.45) is 2.92. The molecule has 11 heavy (non-hydrogen) atoms. The zero-order valence-corrected chi connectivity index (χ0v) is 7.31. The van der Waals surface area contributed by atoms with Crippen molar-refractivity contribution in [2.45, 2.75) is 17.7 Å². The van der Waals surface area contributed by atoms with Gasteiger partial charge in [-0.05, 0) is 30.9 Å². The quantitative estimate of drug-likeness (QED) is 0.618. The summed E-state index contributed by atoms with van der Waals surface area (Å²) >= 11 is 1.99. The lowest BCUT2D eigenvalue weighted by molar-refractivity contribution is 1.000. The van der Waals surface area contributed by atoms with Gasteiger partial charge in [-0.25, -0.2) is 0 Å². The topological polar surface area (TPSA) is 0 Å². The summed E-state index contributed by atoms with van der Waals surface area (Å²) in [6.45, 7) is 0. The molecule has 0 unspecified atom stereocenters. The lowest BCUT2D eigenvalue weighted by Gasteiger charge is -1.97. The van der Waals surface area contributed by atoms with Crippen LogP contribution in [0, 0.1) is 5.92 Å². The molecule has 1 heteroatoms. The highest BCUT2D eigenvalue weighted by Crippen LogP contribution is 2.34. The highest BCUT2D eigenvalue weighted by molar-refractivity contribution is 7.99. The van der Waals surface area contributed by atoms with E-state index in [1.54, 1.807) is 0 Å². The van der Waals surface area contributed by atoms with Crippen molar-refractivity contribution in [1.82, 2.24) is 0 Å².